The van der Waals surface area contributed by atoms with E-state index < -0.39 is 6.61 Å². The summed E-state index contributed by atoms with van der Waals surface area (Å²) in [5.74, 6) is 1.78. The van der Waals surface area contributed by atoms with Crippen LogP contribution in [0.2, 0.25) is 0 Å². The molecule has 1 aliphatic heterocycles. The summed E-state index contributed by atoms with van der Waals surface area (Å²) < 4.78 is 39.8. The summed E-state index contributed by atoms with van der Waals surface area (Å²) in [5, 5.41) is 2.85. The fourth-order valence-corrected chi connectivity index (χ4v) is 3.37. The quantitative estimate of drug-likeness (QED) is 0.670. The van der Waals surface area contributed by atoms with Crippen molar-refractivity contribution in [3.63, 3.8) is 0 Å². The van der Waals surface area contributed by atoms with Gasteiger partial charge in [0.1, 0.15) is 5.75 Å². The number of nitrogens with one attached hydrogen (secondary N) is 1. The number of halogens is 2. The Balaban J connectivity index is 1.39. The first-order valence-corrected chi connectivity index (χ1v) is 9.91. The molecule has 0 bridgehead atoms. The highest BCUT2D eigenvalue weighted by Crippen LogP contribution is 2.33. The van der Waals surface area contributed by atoms with Gasteiger partial charge >= 0.3 is 6.61 Å². The number of carbonyl (C=O) groups is 1. The Kier molecular flexibility index (Phi) is 7.36. The summed E-state index contributed by atoms with van der Waals surface area (Å²) in [4.78, 5) is 13.0. The number of carbonyl (C=O) groups excluding carboxylic acids is 1. The summed E-state index contributed by atoms with van der Waals surface area (Å²) >= 11 is 1.43. The molecule has 0 radical (unpaired) electrons. The molecule has 0 aliphatic carbocycles. The number of hydrogen-bond donors (Lipinski definition) is 1. The molecular weight excluding hydrogens is 388 g/mol. The summed E-state index contributed by atoms with van der Waals surface area (Å²) in [6.07, 6.45) is 1.46. The molecule has 150 valence electrons. The van der Waals surface area contributed by atoms with Gasteiger partial charge < -0.3 is 19.5 Å². The third-order valence-corrected chi connectivity index (χ3v) is 4.97. The predicted octanol–water partition coefficient (Wildman–Crippen LogP) is 3.90. The van der Waals surface area contributed by atoms with Crippen molar-refractivity contribution in [1.29, 1.82) is 0 Å². The maximum atomic E-state index is 12.1. The van der Waals surface area contributed by atoms with Gasteiger partial charge in [0, 0.05) is 17.9 Å². The van der Waals surface area contributed by atoms with Crippen LogP contribution in [0.15, 0.2) is 47.4 Å². The van der Waals surface area contributed by atoms with E-state index in [2.05, 4.69) is 10.1 Å². The van der Waals surface area contributed by atoms with E-state index in [4.69, 9.17) is 9.47 Å². The Bertz CT molecular complexity index is 786. The van der Waals surface area contributed by atoms with Gasteiger partial charge in [0.2, 0.25) is 5.91 Å². The van der Waals surface area contributed by atoms with Crippen LogP contribution >= 0.6 is 11.8 Å². The largest absolute Gasteiger partial charge is 0.490 e. The minimum absolute atomic E-state index is 0.0743. The molecule has 0 unspecified atom stereocenters. The van der Waals surface area contributed by atoms with Crippen LogP contribution in [0.25, 0.3) is 0 Å². The van der Waals surface area contributed by atoms with Crippen LogP contribution in [-0.4, -0.2) is 38.0 Å². The van der Waals surface area contributed by atoms with Gasteiger partial charge in [-0.25, -0.2) is 0 Å². The van der Waals surface area contributed by atoms with Crippen LogP contribution < -0.4 is 19.5 Å². The van der Waals surface area contributed by atoms with Crippen LogP contribution in [0, 0.1) is 0 Å². The summed E-state index contributed by atoms with van der Waals surface area (Å²) in [6.45, 7) is -1.10. The number of benzene rings is 2. The topological polar surface area (TPSA) is 56.8 Å². The Morgan fingerprint density at radius 3 is 2.61 bits per heavy atom. The second-order valence-corrected chi connectivity index (χ2v) is 7.12. The maximum absolute atomic E-state index is 12.1. The highest BCUT2D eigenvalue weighted by atomic mass is 32.2. The highest BCUT2D eigenvalue weighted by Gasteiger charge is 2.11. The molecule has 1 heterocycles. The Morgan fingerprint density at radius 1 is 1.11 bits per heavy atom. The zero-order valence-electron chi connectivity index (χ0n) is 15.2. The standard InChI is InChI=1S/C20H21F2NO4S/c21-20(22)27-15-4-2-14(3-5-15)8-9-23-19(24)13-28-16-6-7-17-18(12-16)26-11-1-10-25-17/h2-7,12,20H,1,8-11,13H2,(H,23,24). The van der Waals surface area contributed by atoms with Gasteiger partial charge in [-0.3, -0.25) is 4.79 Å². The van der Waals surface area contributed by atoms with E-state index in [0.717, 1.165) is 22.6 Å². The van der Waals surface area contributed by atoms with E-state index in [-0.39, 0.29) is 11.7 Å². The van der Waals surface area contributed by atoms with E-state index in [1.54, 1.807) is 12.1 Å². The molecule has 1 amide bonds. The number of thioether (sulfide) groups is 1. The van der Waals surface area contributed by atoms with Gasteiger partial charge in [0.25, 0.3) is 0 Å². The molecular formula is C20H21F2NO4S. The number of fused-ring (bicyclic) bond motifs is 1. The predicted molar refractivity (Wildman–Crippen MR) is 103 cm³/mol. The Labute approximate surface area is 166 Å². The van der Waals surface area contributed by atoms with Gasteiger partial charge in [-0.1, -0.05) is 12.1 Å². The summed E-state index contributed by atoms with van der Waals surface area (Å²) in [7, 11) is 0. The molecule has 0 saturated heterocycles. The molecule has 8 heteroatoms. The number of hydrogen-bond acceptors (Lipinski definition) is 5. The minimum atomic E-state index is -2.83. The third kappa shape index (κ3) is 6.30. The minimum Gasteiger partial charge on any atom is -0.490 e. The van der Waals surface area contributed by atoms with Gasteiger partial charge in [0.05, 0.1) is 19.0 Å². The molecule has 0 saturated carbocycles. The van der Waals surface area contributed by atoms with E-state index >= 15 is 0 Å². The zero-order valence-corrected chi connectivity index (χ0v) is 16.0. The fourth-order valence-electron chi connectivity index (χ4n) is 2.62. The molecule has 5 nitrogen and oxygen atoms in total. The zero-order chi connectivity index (χ0) is 19.8. The maximum Gasteiger partial charge on any atom is 0.387 e. The average Bonchev–Trinajstić information content (AvgIpc) is 2.92. The van der Waals surface area contributed by atoms with Crippen molar-refractivity contribution in [3.05, 3.63) is 48.0 Å². The molecule has 0 fully saturated rings. The smallest absolute Gasteiger partial charge is 0.387 e. The van der Waals surface area contributed by atoms with Crippen molar-refractivity contribution < 1.29 is 27.8 Å². The van der Waals surface area contributed by atoms with Gasteiger partial charge in [-0.05, 0) is 42.3 Å². The Hall–Kier alpha value is -2.48. The SMILES string of the molecule is O=C(CSc1ccc2c(c1)OCCCO2)NCCc1ccc(OC(F)F)cc1. The van der Waals surface area contributed by atoms with E-state index in [0.29, 0.717) is 37.7 Å². The first-order chi connectivity index (χ1) is 13.6. The van der Waals surface area contributed by atoms with Crippen LogP contribution in [-0.2, 0) is 11.2 Å². The second-order valence-electron chi connectivity index (χ2n) is 6.07. The lowest BCUT2D eigenvalue weighted by Gasteiger charge is -2.09. The van der Waals surface area contributed by atoms with Gasteiger partial charge in [0.15, 0.2) is 11.5 Å². The molecule has 2 aromatic rings. The van der Waals surface area contributed by atoms with E-state index in [1.807, 2.05) is 18.2 Å². The second kappa shape index (κ2) is 10.2. The normalized spacial score (nSPS) is 13.1. The van der Waals surface area contributed by atoms with Crippen molar-refractivity contribution in [2.45, 2.75) is 24.3 Å². The molecule has 1 aliphatic rings. The lowest BCUT2D eigenvalue weighted by atomic mass is 10.1. The molecule has 0 aromatic heterocycles. The molecule has 0 atom stereocenters. The lowest BCUT2D eigenvalue weighted by Crippen LogP contribution is -2.27. The van der Waals surface area contributed by atoms with Crippen LogP contribution in [0.4, 0.5) is 8.78 Å². The number of amides is 1. The molecule has 0 spiro atoms. The lowest BCUT2D eigenvalue weighted by molar-refractivity contribution is -0.118. The van der Waals surface area contributed by atoms with E-state index in [1.165, 1.54) is 23.9 Å². The molecule has 28 heavy (non-hydrogen) atoms. The molecule has 1 N–H and O–H groups in total. The molecule has 2 aromatic carbocycles. The first kappa shape index (κ1) is 20.3. The first-order valence-electron chi connectivity index (χ1n) is 8.93. The van der Waals surface area contributed by atoms with Crippen molar-refractivity contribution in [2.75, 3.05) is 25.5 Å². The van der Waals surface area contributed by atoms with Gasteiger partial charge in [-0.15, -0.1) is 11.8 Å². The Morgan fingerprint density at radius 2 is 1.86 bits per heavy atom. The van der Waals surface area contributed by atoms with Crippen molar-refractivity contribution in [2.24, 2.45) is 0 Å². The molecule has 3 rings (SSSR count). The van der Waals surface area contributed by atoms with Crippen molar-refractivity contribution in [3.8, 4) is 17.2 Å². The highest BCUT2D eigenvalue weighted by molar-refractivity contribution is 8.00. The van der Waals surface area contributed by atoms with Crippen molar-refractivity contribution in [1.82, 2.24) is 5.32 Å². The number of ether oxygens (including phenoxy) is 3. The summed E-state index contributed by atoms with van der Waals surface area (Å²) in [6, 6.07) is 12.1. The number of rotatable bonds is 8. The van der Waals surface area contributed by atoms with Gasteiger partial charge in [-0.2, -0.15) is 8.78 Å². The summed E-state index contributed by atoms with van der Waals surface area (Å²) in [5.41, 5.74) is 0.928. The van der Waals surface area contributed by atoms with E-state index in [9.17, 15) is 13.6 Å². The third-order valence-electron chi connectivity index (χ3n) is 3.97. The van der Waals surface area contributed by atoms with Crippen LogP contribution in [0.5, 0.6) is 17.2 Å². The van der Waals surface area contributed by atoms with Crippen molar-refractivity contribution >= 4 is 17.7 Å². The average molecular weight is 409 g/mol. The van der Waals surface area contributed by atoms with Crippen LogP contribution in [0.3, 0.4) is 0 Å². The van der Waals surface area contributed by atoms with Crippen LogP contribution in [0.1, 0.15) is 12.0 Å². The monoisotopic (exact) mass is 409 g/mol. The number of alkyl halides is 2. The fraction of sp³-hybridized carbons (Fsp3) is 0.350.